The van der Waals surface area contributed by atoms with Crippen LogP contribution >= 0.6 is 0 Å². The van der Waals surface area contributed by atoms with Gasteiger partial charge in [-0.2, -0.15) is 0 Å². The number of carbonyl (C=O) groups is 2. The van der Waals surface area contributed by atoms with Crippen LogP contribution in [0, 0.1) is 0 Å². The standard InChI is InChI=1S/C15H20N2O5/c1-2-17(6-5-15(19)20)10-14(18)16-11-3-4-12-13(9-11)22-8-7-21-12/h3-4,9H,2,5-8,10H2,1H3,(H,16,18)(H,19,20). The van der Waals surface area contributed by atoms with Gasteiger partial charge in [-0.1, -0.05) is 6.92 Å². The first-order valence-corrected chi connectivity index (χ1v) is 7.22. The third kappa shape index (κ3) is 4.63. The second-order valence-electron chi connectivity index (χ2n) is 4.92. The number of amides is 1. The van der Waals surface area contributed by atoms with Gasteiger partial charge in [-0.15, -0.1) is 0 Å². The Hall–Kier alpha value is -2.28. The molecule has 120 valence electrons. The highest BCUT2D eigenvalue weighted by atomic mass is 16.6. The molecule has 1 aliphatic heterocycles. The topological polar surface area (TPSA) is 88.1 Å². The molecular formula is C15H20N2O5. The van der Waals surface area contributed by atoms with E-state index in [-0.39, 0.29) is 18.9 Å². The molecule has 0 aromatic heterocycles. The Balaban J connectivity index is 1.89. The summed E-state index contributed by atoms with van der Waals surface area (Å²) in [4.78, 5) is 24.4. The highest BCUT2D eigenvalue weighted by Gasteiger charge is 2.14. The summed E-state index contributed by atoms with van der Waals surface area (Å²) in [6.45, 7) is 4.01. The predicted molar refractivity (Wildman–Crippen MR) is 80.4 cm³/mol. The van der Waals surface area contributed by atoms with E-state index in [1.165, 1.54) is 0 Å². The third-order valence-corrected chi connectivity index (χ3v) is 3.28. The summed E-state index contributed by atoms with van der Waals surface area (Å²) < 4.78 is 10.9. The van der Waals surface area contributed by atoms with E-state index in [2.05, 4.69) is 5.32 Å². The van der Waals surface area contributed by atoms with E-state index in [9.17, 15) is 9.59 Å². The molecule has 1 heterocycles. The molecular weight excluding hydrogens is 288 g/mol. The van der Waals surface area contributed by atoms with Crippen LogP contribution in [0.15, 0.2) is 18.2 Å². The maximum Gasteiger partial charge on any atom is 0.304 e. The average molecular weight is 308 g/mol. The zero-order valence-corrected chi connectivity index (χ0v) is 12.5. The third-order valence-electron chi connectivity index (χ3n) is 3.28. The lowest BCUT2D eigenvalue weighted by atomic mass is 10.2. The van der Waals surface area contributed by atoms with E-state index in [1.807, 2.05) is 6.92 Å². The number of carboxylic acids is 1. The van der Waals surface area contributed by atoms with Gasteiger partial charge in [-0.3, -0.25) is 14.5 Å². The van der Waals surface area contributed by atoms with Crippen LogP contribution in [-0.4, -0.2) is 54.7 Å². The number of nitrogens with one attached hydrogen (secondary N) is 1. The summed E-state index contributed by atoms with van der Waals surface area (Å²) in [7, 11) is 0. The fourth-order valence-electron chi connectivity index (χ4n) is 2.13. The van der Waals surface area contributed by atoms with Crippen molar-refractivity contribution in [3.8, 4) is 11.5 Å². The maximum absolute atomic E-state index is 12.0. The molecule has 22 heavy (non-hydrogen) atoms. The molecule has 0 fully saturated rings. The fraction of sp³-hybridized carbons (Fsp3) is 0.467. The average Bonchev–Trinajstić information content (AvgIpc) is 2.51. The van der Waals surface area contributed by atoms with Crippen LogP contribution < -0.4 is 14.8 Å². The van der Waals surface area contributed by atoms with Gasteiger partial charge in [0.15, 0.2) is 11.5 Å². The second-order valence-corrected chi connectivity index (χ2v) is 4.92. The first-order chi connectivity index (χ1) is 10.6. The number of likely N-dealkylation sites (N-methyl/N-ethyl adjacent to an activating group) is 1. The molecule has 0 atom stereocenters. The molecule has 0 saturated carbocycles. The monoisotopic (exact) mass is 308 g/mol. The Kier molecular flexibility index (Phi) is 5.60. The van der Waals surface area contributed by atoms with Crippen LogP contribution in [0.4, 0.5) is 5.69 Å². The van der Waals surface area contributed by atoms with Crippen molar-refractivity contribution in [3.05, 3.63) is 18.2 Å². The minimum absolute atomic E-state index is 0.0190. The molecule has 0 aliphatic carbocycles. The molecule has 0 unspecified atom stereocenters. The molecule has 0 spiro atoms. The molecule has 0 bridgehead atoms. The number of hydrogen-bond donors (Lipinski definition) is 2. The van der Waals surface area contributed by atoms with Gasteiger partial charge in [-0.25, -0.2) is 0 Å². The minimum atomic E-state index is -0.870. The van der Waals surface area contributed by atoms with E-state index < -0.39 is 5.97 Å². The number of anilines is 1. The summed E-state index contributed by atoms with van der Waals surface area (Å²) in [5, 5.41) is 11.5. The number of carbonyl (C=O) groups excluding carboxylic acids is 1. The quantitative estimate of drug-likeness (QED) is 0.787. The molecule has 1 aliphatic rings. The SMILES string of the molecule is CCN(CCC(=O)O)CC(=O)Nc1ccc2c(c1)OCCO2. The van der Waals surface area contributed by atoms with Crippen molar-refractivity contribution >= 4 is 17.6 Å². The van der Waals surface area contributed by atoms with Gasteiger partial charge in [0.05, 0.1) is 13.0 Å². The van der Waals surface area contributed by atoms with Crippen LogP contribution in [0.3, 0.4) is 0 Å². The Labute approximate surface area is 128 Å². The molecule has 1 amide bonds. The van der Waals surface area contributed by atoms with Crippen molar-refractivity contribution in [1.82, 2.24) is 4.90 Å². The Morgan fingerprint density at radius 1 is 1.27 bits per heavy atom. The number of nitrogens with zero attached hydrogens (tertiary/aromatic N) is 1. The largest absolute Gasteiger partial charge is 0.486 e. The number of fused-ring (bicyclic) bond motifs is 1. The van der Waals surface area contributed by atoms with Gasteiger partial charge in [0, 0.05) is 18.3 Å². The maximum atomic E-state index is 12.0. The van der Waals surface area contributed by atoms with E-state index in [4.69, 9.17) is 14.6 Å². The summed E-state index contributed by atoms with van der Waals surface area (Å²) in [5.41, 5.74) is 0.628. The van der Waals surface area contributed by atoms with Gasteiger partial charge < -0.3 is 19.9 Å². The number of benzene rings is 1. The minimum Gasteiger partial charge on any atom is -0.486 e. The molecule has 0 saturated heterocycles. The molecule has 0 radical (unpaired) electrons. The molecule has 1 aromatic rings. The van der Waals surface area contributed by atoms with Gasteiger partial charge in [-0.05, 0) is 18.7 Å². The van der Waals surface area contributed by atoms with Crippen molar-refractivity contribution in [1.29, 1.82) is 0 Å². The lowest BCUT2D eigenvalue weighted by Crippen LogP contribution is -2.34. The van der Waals surface area contributed by atoms with Gasteiger partial charge in [0.25, 0.3) is 0 Å². The van der Waals surface area contributed by atoms with Crippen molar-refractivity contribution < 1.29 is 24.2 Å². The van der Waals surface area contributed by atoms with Crippen LogP contribution in [0.25, 0.3) is 0 Å². The normalized spacial score (nSPS) is 13.0. The van der Waals surface area contributed by atoms with Crippen LogP contribution in [-0.2, 0) is 9.59 Å². The Bertz CT molecular complexity index is 547. The van der Waals surface area contributed by atoms with Crippen LogP contribution in [0.1, 0.15) is 13.3 Å². The molecule has 2 N–H and O–H groups in total. The van der Waals surface area contributed by atoms with Crippen molar-refractivity contribution in [3.63, 3.8) is 0 Å². The van der Waals surface area contributed by atoms with Gasteiger partial charge in [0.1, 0.15) is 13.2 Å². The van der Waals surface area contributed by atoms with E-state index in [0.29, 0.717) is 43.5 Å². The number of aliphatic carboxylic acids is 1. The van der Waals surface area contributed by atoms with E-state index >= 15 is 0 Å². The first-order valence-electron chi connectivity index (χ1n) is 7.22. The molecule has 7 heteroatoms. The first kappa shape index (κ1) is 16.1. The van der Waals surface area contributed by atoms with E-state index in [0.717, 1.165) is 0 Å². The lowest BCUT2D eigenvalue weighted by Gasteiger charge is -2.20. The zero-order chi connectivity index (χ0) is 15.9. The second kappa shape index (κ2) is 7.65. The van der Waals surface area contributed by atoms with E-state index in [1.54, 1.807) is 23.1 Å². The molecule has 1 aromatic carbocycles. The summed E-state index contributed by atoms with van der Waals surface area (Å²) in [6, 6.07) is 5.23. The Morgan fingerprint density at radius 3 is 2.68 bits per heavy atom. The van der Waals surface area contributed by atoms with Crippen molar-refractivity contribution in [2.24, 2.45) is 0 Å². The zero-order valence-electron chi connectivity index (χ0n) is 12.5. The Morgan fingerprint density at radius 2 is 2.00 bits per heavy atom. The van der Waals surface area contributed by atoms with Gasteiger partial charge in [0.2, 0.25) is 5.91 Å². The summed E-state index contributed by atoms with van der Waals surface area (Å²) in [6.07, 6.45) is 0.0190. The van der Waals surface area contributed by atoms with Gasteiger partial charge >= 0.3 is 5.97 Å². The lowest BCUT2D eigenvalue weighted by molar-refractivity contribution is -0.137. The molecule has 2 rings (SSSR count). The number of ether oxygens (including phenoxy) is 2. The number of rotatable bonds is 7. The summed E-state index contributed by atoms with van der Waals surface area (Å²) >= 11 is 0. The van der Waals surface area contributed by atoms with Crippen LogP contribution in [0.5, 0.6) is 11.5 Å². The highest BCUT2D eigenvalue weighted by molar-refractivity contribution is 5.92. The predicted octanol–water partition coefficient (Wildman–Crippen LogP) is 1.19. The fourth-order valence-corrected chi connectivity index (χ4v) is 2.13. The summed E-state index contributed by atoms with van der Waals surface area (Å²) in [5.74, 6) is 0.220. The van der Waals surface area contributed by atoms with Crippen LogP contribution in [0.2, 0.25) is 0 Å². The highest BCUT2D eigenvalue weighted by Crippen LogP contribution is 2.32. The number of hydrogen-bond acceptors (Lipinski definition) is 5. The smallest absolute Gasteiger partial charge is 0.304 e. The van der Waals surface area contributed by atoms with Crippen molar-refractivity contribution in [2.75, 3.05) is 38.2 Å². The number of carboxylic acid groups (broad SMARTS) is 1. The van der Waals surface area contributed by atoms with Crippen molar-refractivity contribution in [2.45, 2.75) is 13.3 Å². The molecule has 7 nitrogen and oxygen atoms in total.